The lowest BCUT2D eigenvalue weighted by Gasteiger charge is -2.41. The number of rotatable bonds is 8. The van der Waals surface area contributed by atoms with Gasteiger partial charge < -0.3 is 0 Å². The molecule has 4 heteroatoms. The summed E-state index contributed by atoms with van der Waals surface area (Å²) in [5, 5.41) is 0. The van der Waals surface area contributed by atoms with E-state index in [2.05, 4.69) is 143 Å². The smallest absolute Gasteiger partial charge is 0.201 e. The maximum atomic E-state index is 9.14. The second kappa shape index (κ2) is 33.0. The van der Waals surface area contributed by atoms with Gasteiger partial charge in [0.15, 0.2) is 24.8 Å². The van der Waals surface area contributed by atoms with Crippen molar-refractivity contribution in [1.82, 2.24) is 0 Å². The Morgan fingerprint density at radius 1 is 0.241 bits per heavy atom. The zero-order valence-electron chi connectivity index (χ0n) is 87.0. The van der Waals surface area contributed by atoms with Crippen LogP contribution in [0.5, 0.6) is 0 Å². The predicted octanol–water partition coefficient (Wildman–Crippen LogP) is 26.0. The molecule has 0 atom stereocenters. The van der Waals surface area contributed by atoms with Crippen molar-refractivity contribution in [3.8, 4) is 89.5 Å². The summed E-state index contributed by atoms with van der Waals surface area (Å²) in [6.07, 6.45) is 26.4. The van der Waals surface area contributed by atoms with Crippen molar-refractivity contribution in [1.29, 1.82) is 0 Å². The number of benzene rings is 8. The molecule has 4 heterocycles. The molecule has 4 saturated carbocycles. The van der Waals surface area contributed by atoms with Crippen LogP contribution in [0.4, 0.5) is 0 Å². The molecule has 8 aliphatic rings. The summed E-state index contributed by atoms with van der Waals surface area (Å²) in [4.78, 5) is 0. The summed E-state index contributed by atoms with van der Waals surface area (Å²) in [5.74, 6) is 0. The highest BCUT2D eigenvalue weighted by atomic mass is 14.9. The van der Waals surface area contributed by atoms with Gasteiger partial charge in [0.05, 0.1) is 0 Å². The summed E-state index contributed by atoms with van der Waals surface area (Å²) >= 11 is 0. The summed E-state index contributed by atoms with van der Waals surface area (Å²) in [6.45, 7) is 3.64. The Hall–Kier alpha value is -9.64. The summed E-state index contributed by atoms with van der Waals surface area (Å²) < 4.78 is 154. The lowest BCUT2D eigenvalue weighted by molar-refractivity contribution is -0.660. The number of pyridine rings is 4. The average molecular weight is 1550 g/mol. The third kappa shape index (κ3) is 16.2. The third-order valence-electron chi connectivity index (χ3n) is 27.8. The maximum absolute atomic E-state index is 9.14. The van der Waals surface area contributed by atoms with Crippen molar-refractivity contribution in [3.05, 3.63) is 308 Å². The number of nitrogens with zero attached hydrogens (tertiary/aromatic N) is 4. The largest absolute Gasteiger partial charge is 0.213 e. The quantitative estimate of drug-likeness (QED) is 0.135. The first-order valence-electron chi connectivity index (χ1n) is 51.8. The van der Waals surface area contributed by atoms with Crippen LogP contribution < -0.4 is 18.3 Å². The van der Waals surface area contributed by atoms with Gasteiger partial charge in [-0.2, -0.15) is 0 Å². The van der Waals surface area contributed by atoms with E-state index in [1.807, 2.05) is 138 Å². The zero-order valence-corrected chi connectivity index (χ0v) is 70.0. The first kappa shape index (κ1) is 60.8. The van der Waals surface area contributed by atoms with Crippen LogP contribution in [0.15, 0.2) is 219 Å². The molecular weight excluding hydrogens is 1400 g/mol. The Morgan fingerprint density at radius 2 is 0.491 bits per heavy atom. The zero-order chi connectivity index (χ0) is 94.7. The van der Waals surface area contributed by atoms with Crippen LogP contribution >= 0.6 is 0 Å². The first-order chi connectivity index (χ1) is 62.9. The Labute approximate surface area is 720 Å². The molecule has 0 amide bonds. The molecule has 8 aromatic carbocycles. The van der Waals surface area contributed by atoms with Gasteiger partial charge in [-0.25, -0.2) is 18.3 Å². The van der Waals surface area contributed by atoms with Crippen LogP contribution in [0, 0.1) is 76.8 Å². The van der Waals surface area contributed by atoms with Gasteiger partial charge in [-0.15, -0.1) is 0 Å². The average Bonchev–Trinajstić information content (AvgIpc) is 1.55. The van der Waals surface area contributed by atoms with Crippen molar-refractivity contribution in [2.45, 2.75) is 235 Å². The van der Waals surface area contributed by atoms with Gasteiger partial charge in [0.25, 0.3) is 0 Å². The molecule has 0 radical (unpaired) electrons. The fourth-order valence-electron chi connectivity index (χ4n) is 21.3. The predicted molar refractivity (Wildman–Crippen MR) is 484 cm³/mol. The third-order valence-corrected chi connectivity index (χ3v) is 27.8. The van der Waals surface area contributed by atoms with Crippen LogP contribution in [-0.4, -0.2) is 0 Å². The Balaban J connectivity index is 0.000000124. The Bertz CT molecular complexity index is 6460. The molecule has 4 fully saturated rings. The van der Waals surface area contributed by atoms with E-state index in [4.69, 9.17) is 23.3 Å². The van der Waals surface area contributed by atoms with Crippen molar-refractivity contribution < 1.29 is 41.6 Å². The van der Waals surface area contributed by atoms with Gasteiger partial charge in [0.1, 0.15) is 28.2 Å². The van der Waals surface area contributed by atoms with Gasteiger partial charge >= 0.3 is 0 Å². The first-order valence-corrected chi connectivity index (χ1v) is 43.3. The Kier molecular flexibility index (Phi) is 17.3. The van der Waals surface area contributed by atoms with Gasteiger partial charge in [0.2, 0.25) is 22.8 Å². The van der Waals surface area contributed by atoms with Gasteiger partial charge in [-0.3, -0.25) is 0 Å². The molecule has 4 nitrogen and oxygen atoms in total. The van der Waals surface area contributed by atoms with E-state index < -0.39 is 46.0 Å². The topological polar surface area (TPSA) is 15.5 Å². The molecular formula is C112H128N4+4. The van der Waals surface area contributed by atoms with Crippen LogP contribution in [0.2, 0.25) is 0 Å². The maximum Gasteiger partial charge on any atom is 0.213 e. The summed E-state index contributed by atoms with van der Waals surface area (Å²) in [7, 11) is 7.75. The van der Waals surface area contributed by atoms with Crippen LogP contribution in [-0.2, 0) is 79.4 Å². The number of aryl methyl sites for hydroxylation is 13. The molecule has 0 unspecified atom stereocenters. The van der Waals surface area contributed by atoms with E-state index in [0.717, 1.165) is 227 Å². The van der Waals surface area contributed by atoms with E-state index in [1.54, 1.807) is 18.6 Å². The van der Waals surface area contributed by atoms with E-state index in [0.29, 0.717) is 28.7 Å². The van der Waals surface area contributed by atoms with Crippen molar-refractivity contribution in [3.63, 3.8) is 0 Å². The number of fused-ring (bicyclic) bond motifs is 4. The molecule has 592 valence electrons. The van der Waals surface area contributed by atoms with Gasteiger partial charge in [-0.1, -0.05) is 216 Å². The van der Waals surface area contributed by atoms with E-state index in [1.165, 1.54) is 65.6 Å². The standard InChI is InChI=1S/C29H34N.2C28H32N.C27H30N/c1-21-9-5-6-10-26(21)28-18-27(22(2)20-30(28)3)24-11-12-25-19-29(14-7-4-8-15-29)16-13-23(25)17-24;2*1-20-9-5-6-10-25(20)27-16-26(21(2)19-29(27)3)22-11-12-23-17-28(18-24(23)15-22)13-7-4-8-14-28;1-19-8-4-5-9-24(19)26-15-25(20(2)18-28(26)3)21-10-11-22-16-27(12-6-7-13-27)17-23(22)14-21/h5-6,9-12,17-18,20H,4,7-8,13-16,19H2,1-3H3;2*5-6,9-12,15-16,19H,4,7-8,13-14,17-18H2,1-3H3;4-5,8-11,14-15,18H,6-7,12-13,16-17H2,1-3H3/q4*+1/i2D3,13D2;2D3,18D2;18D2;2D3,17D2. The Morgan fingerprint density at radius 3 is 0.793 bits per heavy atom. The lowest BCUT2D eigenvalue weighted by Crippen LogP contribution is -2.31. The lowest BCUT2D eigenvalue weighted by atomic mass is 9.64. The van der Waals surface area contributed by atoms with Crippen LogP contribution in [0.25, 0.3) is 89.5 Å². The van der Waals surface area contributed by atoms with Crippen molar-refractivity contribution in [2.75, 3.05) is 0 Å². The normalized spacial score (nSPS) is 21.7. The molecule has 4 aromatic heterocycles. The highest BCUT2D eigenvalue weighted by Gasteiger charge is 2.42. The molecule has 8 aliphatic carbocycles. The fourth-order valence-corrected chi connectivity index (χ4v) is 21.3. The second-order valence-corrected chi connectivity index (χ2v) is 36.1. The molecule has 0 bridgehead atoms. The van der Waals surface area contributed by atoms with E-state index in [-0.39, 0.29) is 32.8 Å². The minimum Gasteiger partial charge on any atom is -0.201 e. The van der Waals surface area contributed by atoms with Gasteiger partial charge in [0, 0.05) is 92.1 Å². The minimum atomic E-state index is -2.28. The molecule has 116 heavy (non-hydrogen) atoms. The van der Waals surface area contributed by atoms with E-state index in [9.17, 15) is 0 Å². The van der Waals surface area contributed by atoms with Crippen molar-refractivity contribution >= 4 is 0 Å². The number of hydrogen-bond acceptors (Lipinski definition) is 0. The number of hydrogen-bond donors (Lipinski definition) is 0. The molecule has 0 aliphatic heterocycles. The molecule has 0 saturated heterocycles. The second-order valence-electron chi connectivity index (χ2n) is 36.1. The summed E-state index contributed by atoms with van der Waals surface area (Å²) in [6, 6.07) is 65.4. The molecule has 4 spiro atoms. The number of aromatic nitrogens is 4. The monoisotopic (exact) mass is 1550 g/mol. The van der Waals surface area contributed by atoms with Crippen molar-refractivity contribution in [2.24, 2.45) is 49.9 Å². The SMILES string of the molecule is [2H]C([2H])([2H])c1c[n+](C)c(-c2ccccc2C)cc1-c1ccc2c(c1)C([2H])([2H])C1(CCCC1)C2.[2H]C([2H])([2H])c1c[n+](C)c(-c2ccccc2C)cc1-c1ccc2c(c1)C([2H])([2H])C1(CCCCC1)C2.[2H]C([2H])([2H])c1c[n+](C)c(-c2ccccc2C)cc1-c1ccc2c(c1)C([2H])([2H])CC1(CCCCC1)C2.[2H]C1([2H])c2cc(-c3cc(-c4ccccc4C)[n+](C)cc3C)ccc2CC12CCCCC2. The van der Waals surface area contributed by atoms with E-state index >= 15 is 0 Å². The highest BCUT2D eigenvalue weighted by molar-refractivity contribution is 5.78. The molecule has 20 rings (SSSR count). The van der Waals surface area contributed by atoms with Crippen LogP contribution in [0.1, 0.15) is 241 Å². The molecule has 12 aromatic rings. The minimum absolute atomic E-state index is 0.0681. The summed E-state index contributed by atoms with van der Waals surface area (Å²) in [5.41, 5.74) is 28.5. The molecule has 0 N–H and O–H groups in total. The fraction of sp³-hybridized carbons (Fsp3) is 0.393. The highest BCUT2D eigenvalue weighted by Crippen LogP contribution is 2.53. The van der Waals surface area contributed by atoms with Crippen LogP contribution in [0.3, 0.4) is 0 Å². The van der Waals surface area contributed by atoms with Gasteiger partial charge in [-0.05, 0) is 321 Å².